The van der Waals surface area contributed by atoms with Crippen LogP contribution in [0.3, 0.4) is 0 Å². The predicted octanol–water partition coefficient (Wildman–Crippen LogP) is 0.0667. The second-order valence-corrected chi connectivity index (χ2v) is 2.38. The minimum atomic E-state index is 0.00852. The Balaban J connectivity index is 3.13. The number of hydrogen-bond acceptors (Lipinski definition) is 4. The molecule has 0 saturated heterocycles. The van der Waals surface area contributed by atoms with Crippen LogP contribution in [-0.4, -0.2) is 16.0 Å². The molecule has 0 aliphatic carbocycles. The summed E-state index contributed by atoms with van der Waals surface area (Å²) >= 11 is 0. The van der Waals surface area contributed by atoms with Crippen LogP contribution in [0, 0.1) is 6.92 Å². The lowest BCUT2D eigenvalue weighted by atomic mass is 10.2. The fourth-order valence-corrected chi connectivity index (χ4v) is 0.748. The lowest BCUT2D eigenvalue weighted by molar-refractivity contribution is 0.318. The summed E-state index contributed by atoms with van der Waals surface area (Å²) in [4.78, 5) is 3.95. The molecular formula is C7H10N4O. The van der Waals surface area contributed by atoms with Gasteiger partial charge in [-0.05, 0) is 13.0 Å². The number of oxime groups is 1. The number of pyridine rings is 1. The average Bonchev–Trinajstić information content (AvgIpc) is 2.08. The minimum Gasteiger partial charge on any atom is -0.409 e. The van der Waals surface area contributed by atoms with E-state index >= 15 is 0 Å². The van der Waals surface area contributed by atoms with E-state index in [-0.39, 0.29) is 5.84 Å². The smallest absolute Gasteiger partial charge is 0.171 e. The van der Waals surface area contributed by atoms with E-state index in [9.17, 15) is 0 Å². The van der Waals surface area contributed by atoms with Gasteiger partial charge in [0.25, 0.3) is 0 Å². The Labute approximate surface area is 69.7 Å². The molecule has 0 spiro atoms. The highest BCUT2D eigenvalue weighted by molar-refractivity contribution is 5.97. The summed E-state index contributed by atoms with van der Waals surface area (Å²) in [5.41, 5.74) is 12.6. The largest absolute Gasteiger partial charge is 0.409 e. The number of hydrogen-bond donors (Lipinski definition) is 3. The van der Waals surface area contributed by atoms with E-state index in [0.717, 1.165) is 5.69 Å². The number of nitrogens with zero attached hydrogens (tertiary/aromatic N) is 2. The van der Waals surface area contributed by atoms with Crippen LogP contribution in [0.4, 0.5) is 5.69 Å². The van der Waals surface area contributed by atoms with E-state index in [4.69, 9.17) is 16.7 Å². The Kier molecular flexibility index (Phi) is 2.14. The van der Waals surface area contributed by atoms with Gasteiger partial charge in [0, 0.05) is 11.8 Å². The van der Waals surface area contributed by atoms with Crippen LogP contribution >= 0.6 is 0 Å². The molecule has 0 amide bonds. The highest BCUT2D eigenvalue weighted by Crippen LogP contribution is 2.08. The van der Waals surface area contributed by atoms with Crippen LogP contribution in [0.1, 0.15) is 11.3 Å². The molecule has 0 aliphatic heterocycles. The molecule has 5 heteroatoms. The first-order chi connectivity index (χ1) is 5.65. The topological polar surface area (TPSA) is 97.5 Å². The maximum atomic E-state index is 8.34. The number of anilines is 1. The van der Waals surface area contributed by atoms with Gasteiger partial charge in [0.05, 0.1) is 11.4 Å². The van der Waals surface area contributed by atoms with Gasteiger partial charge in [0.15, 0.2) is 5.84 Å². The zero-order valence-corrected chi connectivity index (χ0v) is 6.65. The molecule has 0 saturated carbocycles. The van der Waals surface area contributed by atoms with Crippen molar-refractivity contribution in [1.82, 2.24) is 4.98 Å². The van der Waals surface area contributed by atoms with Gasteiger partial charge < -0.3 is 16.7 Å². The van der Waals surface area contributed by atoms with Gasteiger partial charge >= 0.3 is 0 Å². The number of aryl methyl sites for hydroxylation is 1. The minimum absolute atomic E-state index is 0.00852. The Morgan fingerprint density at radius 2 is 2.33 bits per heavy atom. The van der Waals surface area contributed by atoms with Gasteiger partial charge in [-0.1, -0.05) is 5.16 Å². The monoisotopic (exact) mass is 166 g/mol. The SMILES string of the molecule is Cc1ncc(/C(N)=N/O)cc1N. The third-order valence-corrected chi connectivity index (χ3v) is 1.53. The van der Waals surface area contributed by atoms with Gasteiger partial charge in [0.2, 0.25) is 0 Å². The zero-order chi connectivity index (χ0) is 9.14. The third kappa shape index (κ3) is 1.45. The molecule has 0 bridgehead atoms. The van der Waals surface area contributed by atoms with Gasteiger partial charge in [-0.25, -0.2) is 0 Å². The highest BCUT2D eigenvalue weighted by atomic mass is 16.4. The van der Waals surface area contributed by atoms with Crippen LogP contribution in [0.2, 0.25) is 0 Å². The molecule has 5 nitrogen and oxygen atoms in total. The molecule has 0 unspecified atom stereocenters. The van der Waals surface area contributed by atoms with Gasteiger partial charge in [-0.3, -0.25) is 4.98 Å². The molecule has 0 fully saturated rings. The fourth-order valence-electron chi connectivity index (χ4n) is 0.748. The molecule has 0 aliphatic rings. The zero-order valence-electron chi connectivity index (χ0n) is 6.65. The van der Waals surface area contributed by atoms with Gasteiger partial charge in [-0.15, -0.1) is 0 Å². The van der Waals surface area contributed by atoms with Crippen molar-refractivity contribution in [2.45, 2.75) is 6.92 Å². The number of nitrogen functional groups attached to an aromatic ring is 1. The van der Waals surface area contributed by atoms with Gasteiger partial charge in [0.1, 0.15) is 0 Å². The molecule has 1 heterocycles. The molecule has 0 atom stereocenters. The van der Waals surface area contributed by atoms with E-state index in [1.54, 1.807) is 13.0 Å². The van der Waals surface area contributed by atoms with Crippen LogP contribution < -0.4 is 11.5 Å². The summed E-state index contributed by atoms with van der Waals surface area (Å²) in [6.07, 6.45) is 1.50. The van der Waals surface area contributed by atoms with Crippen molar-refractivity contribution in [3.63, 3.8) is 0 Å². The standard InChI is InChI=1S/C7H10N4O/c1-4-6(8)2-5(3-10-4)7(9)11-12/h2-3,12H,8H2,1H3,(H2,9,11). The van der Waals surface area contributed by atoms with Crippen LogP contribution in [-0.2, 0) is 0 Å². The van der Waals surface area contributed by atoms with Crippen molar-refractivity contribution in [2.24, 2.45) is 10.9 Å². The third-order valence-electron chi connectivity index (χ3n) is 1.53. The first-order valence-electron chi connectivity index (χ1n) is 3.35. The molecule has 1 aromatic heterocycles. The molecule has 5 N–H and O–H groups in total. The number of nitrogens with two attached hydrogens (primary N) is 2. The first kappa shape index (κ1) is 8.32. The second-order valence-electron chi connectivity index (χ2n) is 2.38. The molecule has 1 rings (SSSR count). The maximum absolute atomic E-state index is 8.34. The van der Waals surface area contributed by atoms with Crippen molar-refractivity contribution in [2.75, 3.05) is 5.73 Å². The number of aromatic nitrogens is 1. The fraction of sp³-hybridized carbons (Fsp3) is 0.143. The summed E-state index contributed by atoms with van der Waals surface area (Å²) in [7, 11) is 0. The lowest BCUT2D eigenvalue weighted by Gasteiger charge is -2.01. The normalized spacial score (nSPS) is 11.6. The van der Waals surface area contributed by atoms with E-state index in [0.29, 0.717) is 11.3 Å². The number of amidine groups is 1. The van der Waals surface area contributed by atoms with E-state index < -0.39 is 0 Å². The molecule has 1 aromatic rings. The first-order valence-corrected chi connectivity index (χ1v) is 3.35. The van der Waals surface area contributed by atoms with Crippen LogP contribution in [0.25, 0.3) is 0 Å². The van der Waals surface area contributed by atoms with Crippen molar-refractivity contribution >= 4 is 11.5 Å². The highest BCUT2D eigenvalue weighted by Gasteiger charge is 2.01. The Morgan fingerprint density at radius 3 is 2.83 bits per heavy atom. The van der Waals surface area contributed by atoms with Crippen molar-refractivity contribution < 1.29 is 5.21 Å². The summed E-state index contributed by atoms with van der Waals surface area (Å²) in [5.74, 6) is 0.00852. The van der Waals surface area contributed by atoms with Crippen molar-refractivity contribution in [3.05, 3.63) is 23.5 Å². The van der Waals surface area contributed by atoms with Crippen molar-refractivity contribution in [1.29, 1.82) is 0 Å². The molecule has 0 aromatic carbocycles. The molecule has 0 radical (unpaired) electrons. The Bertz CT molecular complexity index is 321. The summed E-state index contributed by atoms with van der Waals surface area (Å²) in [6.45, 7) is 1.78. The summed E-state index contributed by atoms with van der Waals surface area (Å²) < 4.78 is 0. The average molecular weight is 166 g/mol. The van der Waals surface area contributed by atoms with E-state index in [1.165, 1.54) is 6.20 Å². The van der Waals surface area contributed by atoms with E-state index in [2.05, 4.69) is 10.1 Å². The molecule has 64 valence electrons. The summed E-state index contributed by atoms with van der Waals surface area (Å²) in [5, 5.41) is 11.2. The number of rotatable bonds is 1. The second kappa shape index (κ2) is 3.08. The quantitative estimate of drug-likeness (QED) is 0.238. The van der Waals surface area contributed by atoms with Crippen LogP contribution in [0.5, 0.6) is 0 Å². The van der Waals surface area contributed by atoms with Crippen molar-refractivity contribution in [3.8, 4) is 0 Å². The molecular weight excluding hydrogens is 156 g/mol. The lowest BCUT2D eigenvalue weighted by Crippen LogP contribution is -2.14. The van der Waals surface area contributed by atoms with E-state index in [1.807, 2.05) is 0 Å². The van der Waals surface area contributed by atoms with Gasteiger partial charge in [-0.2, -0.15) is 0 Å². The van der Waals surface area contributed by atoms with Crippen LogP contribution in [0.15, 0.2) is 17.4 Å². The Morgan fingerprint density at radius 1 is 1.67 bits per heavy atom. The summed E-state index contributed by atoms with van der Waals surface area (Å²) in [6, 6.07) is 1.61. The maximum Gasteiger partial charge on any atom is 0.171 e. The predicted molar refractivity (Wildman–Crippen MR) is 45.9 cm³/mol. The Hall–Kier alpha value is -1.78. The molecule has 12 heavy (non-hydrogen) atoms.